The molecule has 0 saturated carbocycles. The standard InChI is InChI=1S/C55H64F3N11O7S2/c1-32-50(77-31-62-32)35-7-5-33(6-8-35)23-61-53(73)45-22-40(70)29-69(45)54(74)51(55(2,3)4)63-46(71)30-65-27-39(28-65)67-19-17-66(18-20-67)38-11-9-34(10-12-38)36-21-41-42(25-60-52(41)59-24-36)49(72)47-43(57)13-14-44(48(47)58)64-78(75,76)68-16-15-37(56)26-68/h5-14,21,24-25,31,37,39-40,45-46,51,63-64,70-71H,15-20,22-23,26-30H2,1-4H3,(H,59,60)(H,61,73)/t37-,40-,45+,46?,51-/m1/s1. The number of aliphatic hydroxyl groups excluding tert-OH is 2. The molecule has 7 heterocycles. The summed E-state index contributed by atoms with van der Waals surface area (Å²) in [6.07, 6.45) is -0.195. The molecule has 6 aromatic rings. The van der Waals surface area contributed by atoms with Crippen molar-refractivity contribution in [2.24, 2.45) is 5.41 Å². The number of nitrogens with one attached hydrogen (secondary N) is 4. The van der Waals surface area contributed by atoms with Crippen LogP contribution in [0.1, 0.15) is 60.8 Å². The number of pyridine rings is 1. The summed E-state index contributed by atoms with van der Waals surface area (Å²) in [5.41, 5.74) is 5.21. The van der Waals surface area contributed by atoms with Gasteiger partial charge in [0.2, 0.25) is 17.6 Å². The molecule has 4 saturated heterocycles. The molecule has 3 aromatic heterocycles. The minimum atomic E-state index is -4.37. The number of benzene rings is 3. The number of nitrogens with zero attached hydrogens (tertiary/aromatic N) is 7. The lowest BCUT2D eigenvalue weighted by molar-refractivity contribution is -0.143. The Balaban J connectivity index is 0.697. The molecule has 10 rings (SSSR count). The quantitative estimate of drug-likeness (QED) is 0.0507. The number of aliphatic hydroxyl groups is 2. The van der Waals surface area contributed by atoms with Crippen LogP contribution < -0.4 is 20.3 Å². The number of aromatic amines is 1. The molecule has 1 unspecified atom stereocenters. The van der Waals surface area contributed by atoms with Gasteiger partial charge in [0.15, 0.2) is 5.82 Å². The summed E-state index contributed by atoms with van der Waals surface area (Å²) in [5, 5.41) is 28.5. The summed E-state index contributed by atoms with van der Waals surface area (Å²) in [5.74, 6) is -4.29. The van der Waals surface area contributed by atoms with Crippen LogP contribution in [0.2, 0.25) is 0 Å². The Labute approximate surface area is 454 Å². The van der Waals surface area contributed by atoms with E-state index in [1.165, 1.54) is 11.1 Å². The van der Waals surface area contributed by atoms with E-state index >= 15 is 8.78 Å². The van der Waals surface area contributed by atoms with Crippen molar-refractivity contribution in [3.63, 3.8) is 0 Å². The van der Waals surface area contributed by atoms with Crippen molar-refractivity contribution in [3.05, 3.63) is 119 Å². The molecule has 4 fully saturated rings. The summed E-state index contributed by atoms with van der Waals surface area (Å²) in [7, 11) is -4.37. The van der Waals surface area contributed by atoms with Crippen LogP contribution in [-0.4, -0.2) is 172 Å². The number of alkyl halides is 1. The van der Waals surface area contributed by atoms with E-state index in [0.29, 0.717) is 29.2 Å². The highest BCUT2D eigenvalue weighted by molar-refractivity contribution is 7.90. The molecule has 18 nitrogen and oxygen atoms in total. The van der Waals surface area contributed by atoms with Gasteiger partial charge < -0.3 is 30.3 Å². The summed E-state index contributed by atoms with van der Waals surface area (Å²) in [6, 6.07) is 17.8. The van der Waals surface area contributed by atoms with Crippen molar-refractivity contribution in [1.29, 1.82) is 0 Å². The number of β-amino-alcohol motifs (C(OH)–C–C–N with tert-alkyl or cyclic N) is 2. The van der Waals surface area contributed by atoms with Crippen molar-refractivity contribution in [2.45, 2.75) is 83.7 Å². The third kappa shape index (κ3) is 11.7. The Kier molecular flexibility index (Phi) is 15.8. The fourth-order valence-corrected chi connectivity index (χ4v) is 13.0. The third-order valence-corrected chi connectivity index (χ3v) is 17.8. The third-order valence-electron chi connectivity index (χ3n) is 15.3. The number of fused-ring (bicyclic) bond motifs is 1. The van der Waals surface area contributed by atoms with Crippen LogP contribution in [0.3, 0.4) is 0 Å². The molecule has 2 amide bonds. The Morgan fingerprint density at radius 1 is 0.910 bits per heavy atom. The lowest BCUT2D eigenvalue weighted by Crippen LogP contribution is -2.65. The molecule has 0 bridgehead atoms. The summed E-state index contributed by atoms with van der Waals surface area (Å²) in [4.78, 5) is 62.7. The Morgan fingerprint density at radius 2 is 1.63 bits per heavy atom. The summed E-state index contributed by atoms with van der Waals surface area (Å²) in [6.45, 7) is 12.5. The van der Waals surface area contributed by atoms with Gasteiger partial charge in [0.1, 0.15) is 29.9 Å². The van der Waals surface area contributed by atoms with Crippen molar-refractivity contribution in [1.82, 2.24) is 44.6 Å². The number of carbonyl (C=O) groups excluding carboxylic acids is 3. The second-order valence-corrected chi connectivity index (χ2v) is 24.3. The largest absolute Gasteiger partial charge is 0.391 e. The number of carbonyl (C=O) groups is 3. The fraction of sp³-hybridized carbons (Fsp3) is 0.436. The van der Waals surface area contributed by atoms with Crippen LogP contribution in [0.4, 0.5) is 24.5 Å². The lowest BCUT2D eigenvalue weighted by Gasteiger charge is -2.49. The van der Waals surface area contributed by atoms with Crippen LogP contribution in [0.15, 0.2) is 84.6 Å². The van der Waals surface area contributed by atoms with E-state index in [4.69, 9.17) is 0 Å². The van der Waals surface area contributed by atoms with E-state index in [1.807, 2.05) is 86.5 Å². The molecular weight excluding hydrogens is 1050 g/mol. The lowest BCUT2D eigenvalue weighted by atomic mass is 9.85. The van der Waals surface area contributed by atoms with E-state index in [2.05, 4.69) is 40.3 Å². The van der Waals surface area contributed by atoms with Gasteiger partial charge in [-0.25, -0.2) is 23.1 Å². The van der Waals surface area contributed by atoms with Gasteiger partial charge in [0.25, 0.3) is 0 Å². The second-order valence-electron chi connectivity index (χ2n) is 21.8. The van der Waals surface area contributed by atoms with Crippen molar-refractivity contribution >= 4 is 61.6 Å². The Morgan fingerprint density at radius 3 is 2.29 bits per heavy atom. The highest BCUT2D eigenvalue weighted by Gasteiger charge is 2.45. The maximum atomic E-state index is 15.8. The maximum absolute atomic E-state index is 15.8. The number of ketones is 1. The van der Waals surface area contributed by atoms with Crippen molar-refractivity contribution < 1.29 is 46.2 Å². The average Bonchev–Trinajstić information content (AvgIpc) is 4.30. The van der Waals surface area contributed by atoms with Crippen LogP contribution >= 0.6 is 11.3 Å². The van der Waals surface area contributed by atoms with Gasteiger partial charge in [-0.2, -0.15) is 12.7 Å². The Hall–Kier alpha value is -6.31. The molecule has 0 spiro atoms. The minimum absolute atomic E-state index is 0.00703. The van der Waals surface area contributed by atoms with E-state index in [0.717, 1.165) is 88.7 Å². The van der Waals surface area contributed by atoms with Crippen LogP contribution in [0, 0.1) is 24.0 Å². The average molecular weight is 1110 g/mol. The molecule has 3 aromatic carbocycles. The predicted molar refractivity (Wildman–Crippen MR) is 292 cm³/mol. The number of piperazine rings is 1. The van der Waals surface area contributed by atoms with Crippen molar-refractivity contribution in [2.75, 3.05) is 75.1 Å². The van der Waals surface area contributed by atoms with Crippen LogP contribution in [-0.2, 0) is 26.3 Å². The number of aromatic nitrogens is 3. The topological polar surface area (TPSA) is 220 Å². The van der Waals surface area contributed by atoms with E-state index < -0.39 is 81.4 Å². The highest BCUT2D eigenvalue weighted by atomic mass is 32.2. The van der Waals surface area contributed by atoms with Gasteiger partial charge >= 0.3 is 10.2 Å². The number of thiazole rings is 1. The monoisotopic (exact) mass is 1110 g/mol. The van der Waals surface area contributed by atoms with Gasteiger partial charge in [0, 0.05) is 119 Å². The number of hydrogen-bond donors (Lipinski definition) is 6. The molecule has 78 heavy (non-hydrogen) atoms. The number of hydrogen-bond acceptors (Lipinski definition) is 14. The van der Waals surface area contributed by atoms with Gasteiger partial charge in [-0.05, 0) is 65.8 Å². The molecule has 23 heteroatoms. The van der Waals surface area contributed by atoms with Crippen molar-refractivity contribution in [3.8, 4) is 21.6 Å². The maximum Gasteiger partial charge on any atom is 0.301 e. The first-order chi connectivity index (χ1) is 37.2. The van der Waals surface area contributed by atoms with Gasteiger partial charge in [0.05, 0.1) is 39.5 Å². The molecule has 414 valence electrons. The second kappa shape index (κ2) is 22.4. The first-order valence-corrected chi connectivity index (χ1v) is 28.5. The zero-order valence-electron chi connectivity index (χ0n) is 43.8. The number of anilines is 2. The highest BCUT2D eigenvalue weighted by Crippen LogP contribution is 2.33. The fourth-order valence-electron chi connectivity index (χ4n) is 10.9. The smallest absolute Gasteiger partial charge is 0.301 e. The SMILES string of the molecule is Cc1ncsc1-c1ccc(CNC(=O)[C@@H]2C[C@@H](O)CN2C(=O)[C@@H](NC(O)CN2CC(N3CCN(c4ccc(-c5cnc6[nH]cc(C(=O)c7c(F)ccc(NS(=O)(=O)N8CC[C@@H](F)C8)c7F)c6c5)cc4)CC3)C2)C(C)(C)C)cc1. The number of likely N-dealkylation sites (tertiary alicyclic amines) is 2. The molecule has 6 N–H and O–H groups in total. The normalized spacial score (nSPS) is 20.8. The van der Waals surface area contributed by atoms with Gasteiger partial charge in [-0.15, -0.1) is 11.3 Å². The molecule has 0 aliphatic carbocycles. The number of rotatable bonds is 17. The number of aryl methyl sites for hydroxylation is 1. The van der Waals surface area contributed by atoms with Gasteiger partial charge in [-0.3, -0.25) is 34.2 Å². The van der Waals surface area contributed by atoms with Crippen LogP contribution in [0.5, 0.6) is 0 Å². The minimum Gasteiger partial charge on any atom is -0.391 e. The first-order valence-electron chi connectivity index (χ1n) is 26.1. The summed E-state index contributed by atoms with van der Waals surface area (Å²) < 4.78 is 73.4. The van der Waals surface area contributed by atoms with Gasteiger partial charge in [-0.1, -0.05) is 57.2 Å². The number of H-pyrrole nitrogens is 1. The summed E-state index contributed by atoms with van der Waals surface area (Å²) >= 11 is 1.57. The Bertz CT molecular complexity index is 3290. The van der Waals surface area contributed by atoms with E-state index in [9.17, 15) is 37.4 Å². The predicted octanol–water partition coefficient (Wildman–Crippen LogP) is 5.28. The molecule has 4 aliphatic heterocycles. The van der Waals surface area contributed by atoms with E-state index in [-0.39, 0.29) is 49.9 Å². The zero-order chi connectivity index (χ0) is 55.2. The first kappa shape index (κ1) is 55.0. The van der Waals surface area contributed by atoms with E-state index in [1.54, 1.807) is 23.6 Å². The molecule has 5 atom stereocenters. The molecular formula is C55H64F3N11O7S2. The zero-order valence-corrected chi connectivity index (χ0v) is 45.4. The molecule has 4 aliphatic rings. The molecule has 0 radical (unpaired) electrons. The number of halogens is 3. The van der Waals surface area contributed by atoms with Crippen LogP contribution in [0.25, 0.3) is 32.6 Å². The number of amides is 2.